The first-order valence-electron chi connectivity index (χ1n) is 7.53. The molecule has 0 aliphatic heterocycles. The Kier molecular flexibility index (Phi) is 5.15. The number of nitrogens with zero attached hydrogens (tertiary/aromatic N) is 3. The second kappa shape index (κ2) is 6.87. The Balaban J connectivity index is 2.13. The fourth-order valence-electron chi connectivity index (χ4n) is 2.82. The fraction of sp³-hybridized carbons (Fsp3) is 0.471. The minimum atomic E-state index is 0.0501. The predicted octanol–water partition coefficient (Wildman–Crippen LogP) is 2.50. The van der Waals surface area contributed by atoms with E-state index in [1.54, 1.807) is 0 Å². The molecule has 2 atom stereocenters. The van der Waals surface area contributed by atoms with Gasteiger partial charge in [0.15, 0.2) is 0 Å². The molecule has 2 rings (SSSR count). The highest BCUT2D eigenvalue weighted by atomic mass is 15.2. The zero-order valence-corrected chi connectivity index (χ0v) is 13.5. The molecule has 0 aliphatic rings. The molecule has 0 fully saturated rings. The zero-order chi connectivity index (χ0) is 15.4. The molecule has 0 bridgehead atoms. The summed E-state index contributed by atoms with van der Waals surface area (Å²) in [6.07, 6.45) is 5.03. The number of hydrogen-bond acceptors (Lipinski definition) is 3. The van der Waals surface area contributed by atoms with E-state index < -0.39 is 0 Å². The van der Waals surface area contributed by atoms with Crippen molar-refractivity contribution in [2.24, 2.45) is 12.8 Å². The summed E-state index contributed by atoms with van der Waals surface area (Å²) in [6, 6.07) is 9.04. The highest BCUT2D eigenvalue weighted by molar-refractivity contribution is 5.23. The molecule has 1 aromatic carbocycles. The quantitative estimate of drug-likeness (QED) is 0.887. The second-order valence-electron chi connectivity index (χ2n) is 5.84. The molecular formula is C17H26N4. The minimum absolute atomic E-state index is 0.0501. The Morgan fingerprint density at radius 2 is 1.86 bits per heavy atom. The monoisotopic (exact) mass is 286 g/mol. The standard InChI is InChI=1S/C17H26N4/c1-5-14-6-8-15(9-7-14)11-20(3)17(13(2)18)16-10-19-21(4)12-16/h6-10,12-13,17H,5,11,18H2,1-4H3. The Labute approximate surface area is 127 Å². The number of likely N-dealkylation sites (N-methyl/N-ethyl adjacent to an activating group) is 1. The van der Waals surface area contributed by atoms with Crippen LogP contribution in [-0.2, 0) is 20.0 Å². The Bertz CT molecular complexity index is 556. The van der Waals surface area contributed by atoms with Crippen molar-refractivity contribution >= 4 is 0 Å². The van der Waals surface area contributed by atoms with Crippen molar-refractivity contribution in [3.63, 3.8) is 0 Å². The van der Waals surface area contributed by atoms with Crippen LogP contribution in [0.3, 0.4) is 0 Å². The Morgan fingerprint density at radius 3 is 2.33 bits per heavy atom. The van der Waals surface area contributed by atoms with Gasteiger partial charge in [-0.05, 0) is 31.5 Å². The molecule has 1 heterocycles. The summed E-state index contributed by atoms with van der Waals surface area (Å²) in [5.74, 6) is 0. The lowest BCUT2D eigenvalue weighted by atomic mass is 10.0. The number of rotatable bonds is 6. The van der Waals surface area contributed by atoms with E-state index >= 15 is 0 Å². The highest BCUT2D eigenvalue weighted by Crippen LogP contribution is 2.23. The fourth-order valence-corrected chi connectivity index (χ4v) is 2.82. The van der Waals surface area contributed by atoms with Crippen LogP contribution in [0.25, 0.3) is 0 Å². The molecule has 0 saturated carbocycles. The maximum Gasteiger partial charge on any atom is 0.0538 e. The van der Waals surface area contributed by atoms with Gasteiger partial charge in [0.1, 0.15) is 0 Å². The lowest BCUT2D eigenvalue weighted by Gasteiger charge is -2.30. The predicted molar refractivity (Wildman–Crippen MR) is 86.9 cm³/mol. The van der Waals surface area contributed by atoms with Crippen LogP contribution in [0.5, 0.6) is 0 Å². The van der Waals surface area contributed by atoms with Gasteiger partial charge in [0, 0.05) is 31.4 Å². The molecule has 2 unspecified atom stereocenters. The molecule has 1 aromatic heterocycles. The molecular weight excluding hydrogens is 260 g/mol. The Hall–Kier alpha value is -1.65. The average molecular weight is 286 g/mol. The van der Waals surface area contributed by atoms with Gasteiger partial charge in [0.05, 0.1) is 12.2 Å². The van der Waals surface area contributed by atoms with E-state index in [-0.39, 0.29) is 12.1 Å². The maximum atomic E-state index is 6.20. The van der Waals surface area contributed by atoms with Gasteiger partial charge in [-0.25, -0.2) is 0 Å². The van der Waals surface area contributed by atoms with Crippen LogP contribution >= 0.6 is 0 Å². The van der Waals surface area contributed by atoms with Crippen molar-refractivity contribution in [3.05, 3.63) is 53.3 Å². The Morgan fingerprint density at radius 1 is 1.24 bits per heavy atom. The first-order chi connectivity index (χ1) is 10.0. The number of benzene rings is 1. The lowest BCUT2D eigenvalue weighted by molar-refractivity contribution is 0.211. The summed E-state index contributed by atoms with van der Waals surface area (Å²) in [5.41, 5.74) is 10.0. The highest BCUT2D eigenvalue weighted by Gasteiger charge is 2.22. The number of aryl methyl sites for hydroxylation is 2. The van der Waals surface area contributed by atoms with E-state index in [2.05, 4.69) is 48.2 Å². The van der Waals surface area contributed by atoms with Crippen LogP contribution in [0, 0.1) is 0 Å². The third-order valence-electron chi connectivity index (χ3n) is 3.90. The molecule has 4 nitrogen and oxygen atoms in total. The summed E-state index contributed by atoms with van der Waals surface area (Å²) in [4.78, 5) is 2.29. The van der Waals surface area contributed by atoms with E-state index in [4.69, 9.17) is 5.73 Å². The van der Waals surface area contributed by atoms with Crippen molar-refractivity contribution in [1.29, 1.82) is 0 Å². The van der Waals surface area contributed by atoms with Crippen molar-refractivity contribution in [2.45, 2.75) is 38.9 Å². The number of aromatic nitrogens is 2. The minimum Gasteiger partial charge on any atom is -0.326 e. The van der Waals surface area contributed by atoms with Gasteiger partial charge in [-0.2, -0.15) is 5.10 Å². The lowest BCUT2D eigenvalue weighted by Crippen LogP contribution is -2.36. The molecule has 0 saturated heterocycles. The van der Waals surface area contributed by atoms with Crippen LogP contribution in [0.1, 0.15) is 36.6 Å². The van der Waals surface area contributed by atoms with Gasteiger partial charge < -0.3 is 5.73 Å². The van der Waals surface area contributed by atoms with E-state index in [0.29, 0.717) is 0 Å². The van der Waals surface area contributed by atoms with Gasteiger partial charge >= 0.3 is 0 Å². The SMILES string of the molecule is CCc1ccc(CN(C)C(c2cnn(C)c2)C(C)N)cc1. The largest absolute Gasteiger partial charge is 0.326 e. The van der Waals surface area contributed by atoms with Crippen molar-refractivity contribution in [1.82, 2.24) is 14.7 Å². The average Bonchev–Trinajstić information content (AvgIpc) is 2.85. The van der Waals surface area contributed by atoms with Crippen LogP contribution in [0.2, 0.25) is 0 Å². The molecule has 21 heavy (non-hydrogen) atoms. The summed E-state index contributed by atoms with van der Waals surface area (Å²) in [6.45, 7) is 5.11. The molecule has 0 amide bonds. The summed E-state index contributed by atoms with van der Waals surface area (Å²) in [5, 5.41) is 4.27. The van der Waals surface area contributed by atoms with Gasteiger partial charge in [-0.1, -0.05) is 31.2 Å². The summed E-state index contributed by atoms with van der Waals surface area (Å²) < 4.78 is 1.83. The third-order valence-corrected chi connectivity index (χ3v) is 3.90. The third kappa shape index (κ3) is 3.93. The van der Waals surface area contributed by atoms with E-state index in [1.165, 1.54) is 16.7 Å². The zero-order valence-electron chi connectivity index (χ0n) is 13.5. The number of nitrogens with two attached hydrogens (primary N) is 1. The molecule has 0 spiro atoms. The molecule has 2 aromatic rings. The van der Waals surface area contributed by atoms with Crippen LogP contribution in [0.15, 0.2) is 36.7 Å². The van der Waals surface area contributed by atoms with Gasteiger partial charge in [-0.3, -0.25) is 9.58 Å². The maximum absolute atomic E-state index is 6.20. The van der Waals surface area contributed by atoms with Gasteiger partial charge in [0.25, 0.3) is 0 Å². The topological polar surface area (TPSA) is 47.1 Å². The van der Waals surface area contributed by atoms with Crippen LogP contribution in [-0.4, -0.2) is 27.8 Å². The smallest absolute Gasteiger partial charge is 0.0538 e. The van der Waals surface area contributed by atoms with Crippen LogP contribution < -0.4 is 5.73 Å². The van der Waals surface area contributed by atoms with E-state index in [0.717, 1.165) is 13.0 Å². The second-order valence-corrected chi connectivity index (χ2v) is 5.84. The van der Waals surface area contributed by atoms with Gasteiger partial charge in [0.2, 0.25) is 0 Å². The van der Waals surface area contributed by atoms with Crippen LogP contribution in [0.4, 0.5) is 0 Å². The summed E-state index contributed by atoms with van der Waals surface area (Å²) in [7, 11) is 4.06. The van der Waals surface area contributed by atoms with E-state index in [1.807, 2.05) is 31.0 Å². The molecule has 0 aliphatic carbocycles. The molecule has 4 heteroatoms. The van der Waals surface area contributed by atoms with Gasteiger partial charge in [-0.15, -0.1) is 0 Å². The van der Waals surface area contributed by atoms with E-state index in [9.17, 15) is 0 Å². The summed E-state index contributed by atoms with van der Waals surface area (Å²) >= 11 is 0. The normalized spacial score (nSPS) is 14.4. The van der Waals surface area contributed by atoms with Crippen molar-refractivity contribution in [2.75, 3.05) is 7.05 Å². The first kappa shape index (κ1) is 15.7. The van der Waals surface area contributed by atoms with Crippen molar-refractivity contribution in [3.8, 4) is 0 Å². The van der Waals surface area contributed by atoms with Crippen molar-refractivity contribution < 1.29 is 0 Å². The molecule has 114 valence electrons. The number of hydrogen-bond donors (Lipinski definition) is 1. The molecule has 0 radical (unpaired) electrons. The first-order valence-corrected chi connectivity index (χ1v) is 7.53. The molecule has 2 N–H and O–H groups in total.